The lowest BCUT2D eigenvalue weighted by Gasteiger charge is -2.47. The third-order valence-electron chi connectivity index (χ3n) is 9.75. The van der Waals surface area contributed by atoms with Gasteiger partial charge in [-0.3, -0.25) is 10.1 Å². The fourth-order valence-corrected chi connectivity index (χ4v) is 6.99. The molecule has 278 valence electrons. The van der Waals surface area contributed by atoms with E-state index in [4.69, 9.17) is 14.2 Å². The average molecular weight is 724 g/mol. The summed E-state index contributed by atoms with van der Waals surface area (Å²) >= 11 is 0. The van der Waals surface area contributed by atoms with Gasteiger partial charge in [0.25, 0.3) is 0 Å². The predicted molar refractivity (Wildman–Crippen MR) is 194 cm³/mol. The molecule has 53 heavy (non-hydrogen) atoms. The zero-order chi connectivity index (χ0) is 37.0. The molecule has 0 spiro atoms. The number of aliphatic imine (C=N–C) groups is 1. The molecule has 3 unspecified atom stereocenters. The zero-order valence-corrected chi connectivity index (χ0v) is 29.6. The van der Waals surface area contributed by atoms with Crippen molar-refractivity contribution in [3.8, 4) is 0 Å². The Labute approximate surface area is 308 Å². The molecule has 3 saturated heterocycles. The highest BCUT2D eigenvalue weighted by atomic mass is 16.6. The van der Waals surface area contributed by atoms with Crippen molar-refractivity contribution < 1.29 is 38.2 Å². The van der Waals surface area contributed by atoms with Gasteiger partial charge in [-0.25, -0.2) is 24.1 Å². The van der Waals surface area contributed by atoms with Crippen molar-refractivity contribution in [2.45, 2.75) is 64.4 Å². The lowest BCUT2D eigenvalue weighted by atomic mass is 9.78. The molecule has 0 aromatic heterocycles. The number of rotatable bonds is 9. The minimum Gasteiger partial charge on any atom is -0.459 e. The smallest absolute Gasteiger partial charge is 0.437 e. The molecule has 3 heterocycles. The first-order valence-electron chi connectivity index (χ1n) is 18.2. The summed E-state index contributed by atoms with van der Waals surface area (Å²) in [7, 11) is 0. The molecule has 0 radical (unpaired) electrons. The number of carbonyl (C=O) groups is 5. The van der Waals surface area contributed by atoms with Gasteiger partial charge >= 0.3 is 24.2 Å². The van der Waals surface area contributed by atoms with E-state index in [-0.39, 0.29) is 31.7 Å². The SMILES string of the molecule is O=C(/N=C(\NC(=O)OCc1ccccc1)N1CCCC(CC2C(=O)N(C(=O)N3CCCCC3)C2C(=O)OCc2ccccc2)C1)OCc1ccccc1. The minimum absolute atomic E-state index is 0.00423. The van der Waals surface area contributed by atoms with Crippen LogP contribution in [0.15, 0.2) is 96.0 Å². The average Bonchev–Trinajstić information content (AvgIpc) is 3.20. The number of nitrogens with zero attached hydrogens (tertiary/aromatic N) is 4. The van der Waals surface area contributed by atoms with E-state index in [1.165, 1.54) is 0 Å². The first-order valence-corrected chi connectivity index (χ1v) is 18.2. The normalized spacial score (nSPS) is 20.2. The first kappa shape index (κ1) is 37.1. The van der Waals surface area contributed by atoms with Crippen LogP contribution in [-0.4, -0.2) is 83.0 Å². The van der Waals surface area contributed by atoms with Gasteiger partial charge in [0.05, 0.1) is 5.92 Å². The van der Waals surface area contributed by atoms with Crippen LogP contribution in [0.2, 0.25) is 0 Å². The molecule has 0 bridgehead atoms. The second kappa shape index (κ2) is 18.2. The van der Waals surface area contributed by atoms with Crippen LogP contribution in [0.5, 0.6) is 0 Å². The summed E-state index contributed by atoms with van der Waals surface area (Å²) in [6.45, 7) is 1.88. The number of β-lactam (4-membered cyclic amide) rings is 1. The van der Waals surface area contributed by atoms with Gasteiger partial charge in [0, 0.05) is 26.2 Å². The summed E-state index contributed by atoms with van der Waals surface area (Å²) in [5.74, 6) is -1.96. The number of ether oxygens (including phenoxy) is 3. The molecular formula is C40H45N5O8. The van der Waals surface area contributed by atoms with E-state index < -0.39 is 42.1 Å². The maximum Gasteiger partial charge on any atom is 0.437 e. The molecule has 13 heteroatoms. The fourth-order valence-electron chi connectivity index (χ4n) is 6.99. The lowest BCUT2D eigenvalue weighted by Crippen LogP contribution is -2.69. The highest BCUT2D eigenvalue weighted by Crippen LogP contribution is 2.37. The molecule has 3 aromatic rings. The molecule has 0 saturated carbocycles. The number of hydrogen-bond donors (Lipinski definition) is 1. The summed E-state index contributed by atoms with van der Waals surface area (Å²) < 4.78 is 16.5. The van der Waals surface area contributed by atoms with Crippen LogP contribution in [0.1, 0.15) is 55.2 Å². The van der Waals surface area contributed by atoms with Crippen molar-refractivity contribution in [2.24, 2.45) is 16.8 Å². The Morgan fingerprint density at radius 1 is 0.679 bits per heavy atom. The highest BCUT2D eigenvalue weighted by molar-refractivity contribution is 6.08. The van der Waals surface area contributed by atoms with Gasteiger partial charge in [0.2, 0.25) is 11.9 Å². The number of nitrogens with one attached hydrogen (secondary N) is 1. The number of imide groups is 1. The minimum atomic E-state index is -1.05. The fraction of sp³-hybridized carbons (Fsp3) is 0.400. The Kier molecular flexibility index (Phi) is 12.7. The highest BCUT2D eigenvalue weighted by Gasteiger charge is 2.56. The van der Waals surface area contributed by atoms with Crippen LogP contribution in [0, 0.1) is 11.8 Å². The second-order valence-corrected chi connectivity index (χ2v) is 13.5. The van der Waals surface area contributed by atoms with Crippen LogP contribution in [-0.2, 0) is 43.6 Å². The molecule has 3 aliphatic rings. The second-order valence-electron chi connectivity index (χ2n) is 13.5. The van der Waals surface area contributed by atoms with E-state index in [0.29, 0.717) is 39.0 Å². The Balaban J connectivity index is 1.15. The number of alkyl carbamates (subject to hydrolysis) is 1. The summed E-state index contributed by atoms with van der Waals surface area (Å²) in [6, 6.07) is 26.1. The maximum atomic E-state index is 13.7. The molecule has 3 fully saturated rings. The van der Waals surface area contributed by atoms with E-state index in [9.17, 15) is 24.0 Å². The van der Waals surface area contributed by atoms with E-state index in [1.807, 2.05) is 91.0 Å². The van der Waals surface area contributed by atoms with E-state index in [1.54, 1.807) is 9.80 Å². The molecule has 0 aliphatic carbocycles. The van der Waals surface area contributed by atoms with Crippen molar-refractivity contribution in [1.82, 2.24) is 20.0 Å². The van der Waals surface area contributed by atoms with Crippen LogP contribution in [0.25, 0.3) is 0 Å². The number of guanidine groups is 1. The molecule has 1 N–H and O–H groups in total. The number of benzene rings is 3. The standard InChI is InChI=1S/C40H45N5O8/c46-35-33(34(36(47)51-26-29-14-5-1-6-15-29)45(35)40(50)43-21-11-4-12-22-43)24-32-20-13-23-44(25-32)37(41-38(48)52-27-30-16-7-2-8-17-30)42-39(49)53-28-31-18-9-3-10-19-31/h1-3,5-10,14-19,32-34H,4,11-13,20-28H2,(H,41,42,48,49). The van der Waals surface area contributed by atoms with E-state index in [0.717, 1.165) is 47.3 Å². The van der Waals surface area contributed by atoms with E-state index >= 15 is 0 Å². The Morgan fingerprint density at radius 2 is 1.23 bits per heavy atom. The summed E-state index contributed by atoms with van der Waals surface area (Å²) in [6.07, 6.45) is 2.68. The summed E-state index contributed by atoms with van der Waals surface area (Å²) in [5.41, 5.74) is 2.36. The van der Waals surface area contributed by atoms with Gasteiger partial charge in [-0.15, -0.1) is 4.99 Å². The Bertz CT molecular complexity index is 1750. The van der Waals surface area contributed by atoms with Gasteiger partial charge in [-0.1, -0.05) is 91.0 Å². The van der Waals surface area contributed by atoms with Crippen LogP contribution in [0.3, 0.4) is 0 Å². The molecule has 5 amide bonds. The number of hydrogen-bond acceptors (Lipinski definition) is 8. The number of urea groups is 1. The Hall–Kier alpha value is -5.72. The first-order chi connectivity index (χ1) is 25.9. The van der Waals surface area contributed by atoms with Crippen LogP contribution >= 0.6 is 0 Å². The van der Waals surface area contributed by atoms with Gasteiger partial charge < -0.3 is 24.0 Å². The molecular weight excluding hydrogens is 678 g/mol. The van der Waals surface area contributed by atoms with E-state index in [2.05, 4.69) is 10.3 Å². The zero-order valence-electron chi connectivity index (χ0n) is 29.6. The largest absolute Gasteiger partial charge is 0.459 e. The van der Waals surface area contributed by atoms with Gasteiger partial charge in [0.15, 0.2) is 6.04 Å². The number of carbonyl (C=O) groups excluding carboxylic acids is 5. The topological polar surface area (TPSA) is 147 Å². The summed E-state index contributed by atoms with van der Waals surface area (Å²) in [4.78, 5) is 75.4. The summed E-state index contributed by atoms with van der Waals surface area (Å²) in [5, 5.41) is 2.63. The van der Waals surface area contributed by atoms with Gasteiger partial charge in [-0.05, 0) is 61.1 Å². The monoisotopic (exact) mass is 723 g/mol. The van der Waals surface area contributed by atoms with Crippen molar-refractivity contribution in [3.63, 3.8) is 0 Å². The third kappa shape index (κ3) is 10.00. The molecule has 3 aliphatic heterocycles. The molecule has 3 atom stereocenters. The molecule has 13 nitrogen and oxygen atoms in total. The lowest BCUT2D eigenvalue weighted by molar-refractivity contribution is -0.172. The van der Waals surface area contributed by atoms with Gasteiger partial charge in [0.1, 0.15) is 19.8 Å². The number of piperidine rings is 2. The third-order valence-corrected chi connectivity index (χ3v) is 9.75. The van der Waals surface area contributed by atoms with Crippen LogP contribution in [0.4, 0.5) is 14.4 Å². The maximum absolute atomic E-state index is 13.7. The number of esters is 1. The van der Waals surface area contributed by atoms with Crippen LogP contribution < -0.4 is 5.32 Å². The van der Waals surface area contributed by atoms with Crippen molar-refractivity contribution in [2.75, 3.05) is 26.2 Å². The predicted octanol–water partition coefficient (Wildman–Crippen LogP) is 5.88. The van der Waals surface area contributed by atoms with Gasteiger partial charge in [-0.2, -0.15) is 0 Å². The molecule has 3 aromatic carbocycles. The van der Waals surface area contributed by atoms with Crippen molar-refractivity contribution >= 4 is 36.1 Å². The van der Waals surface area contributed by atoms with Crippen molar-refractivity contribution in [1.29, 1.82) is 0 Å². The number of likely N-dealkylation sites (tertiary alicyclic amines) is 3. The molecule has 6 rings (SSSR count). The van der Waals surface area contributed by atoms with Crippen molar-refractivity contribution in [3.05, 3.63) is 108 Å². The quantitative estimate of drug-likeness (QED) is 0.0940. The number of amides is 5. The Morgan fingerprint density at radius 3 is 1.83 bits per heavy atom.